The van der Waals surface area contributed by atoms with E-state index < -0.39 is 0 Å². The lowest BCUT2D eigenvalue weighted by Crippen LogP contribution is -2.64. The average molecular weight is 355 g/mol. The van der Waals surface area contributed by atoms with Crippen molar-refractivity contribution in [3.05, 3.63) is 15.9 Å². The van der Waals surface area contributed by atoms with Gasteiger partial charge in [0.05, 0.1) is 15.9 Å². The third-order valence-corrected chi connectivity index (χ3v) is 6.36. The summed E-state index contributed by atoms with van der Waals surface area (Å²) in [6.07, 6.45) is 6.82. The van der Waals surface area contributed by atoms with Crippen molar-refractivity contribution in [3.8, 4) is 0 Å². The summed E-state index contributed by atoms with van der Waals surface area (Å²) >= 11 is 3.73. The van der Waals surface area contributed by atoms with Gasteiger partial charge in [-0.15, -0.1) is 0 Å². The molecule has 1 N–H and O–H groups in total. The first kappa shape index (κ1) is 15.5. The molecule has 1 saturated carbocycles. The summed E-state index contributed by atoms with van der Waals surface area (Å²) in [6.45, 7) is 7.65. The zero-order valence-corrected chi connectivity index (χ0v) is 15.0. The third kappa shape index (κ3) is 2.92. The molecular weight excluding hydrogens is 328 g/mol. The number of piperazine rings is 1. The molecule has 1 saturated heterocycles. The Labute approximate surface area is 136 Å². The van der Waals surface area contributed by atoms with Crippen LogP contribution >= 0.6 is 15.9 Å². The molecule has 1 aromatic heterocycles. The van der Waals surface area contributed by atoms with E-state index in [9.17, 15) is 0 Å². The predicted octanol–water partition coefficient (Wildman–Crippen LogP) is 2.99. The standard InChI is InChI=1S/C16H27BrN4/c1-12-9-21(10-14-15(17)13(2)19-20(14)3)16(11-18-12)7-5-4-6-8-16/h12,18H,4-11H2,1-3H3. The predicted molar refractivity (Wildman–Crippen MR) is 89.3 cm³/mol. The molecule has 1 aromatic rings. The fourth-order valence-electron chi connectivity index (χ4n) is 4.03. The van der Waals surface area contributed by atoms with Crippen LogP contribution in [0.5, 0.6) is 0 Å². The van der Waals surface area contributed by atoms with E-state index in [0.717, 1.165) is 25.3 Å². The second kappa shape index (κ2) is 6.01. The summed E-state index contributed by atoms with van der Waals surface area (Å²) in [6, 6.07) is 0.575. The summed E-state index contributed by atoms with van der Waals surface area (Å²) in [4.78, 5) is 2.73. The molecule has 1 aliphatic carbocycles. The second-order valence-electron chi connectivity index (χ2n) is 6.92. The van der Waals surface area contributed by atoms with E-state index in [-0.39, 0.29) is 0 Å². The molecule has 1 atom stereocenters. The van der Waals surface area contributed by atoms with Crippen LogP contribution in [0.1, 0.15) is 50.4 Å². The van der Waals surface area contributed by atoms with E-state index in [1.807, 2.05) is 4.68 Å². The van der Waals surface area contributed by atoms with Crippen molar-refractivity contribution in [3.63, 3.8) is 0 Å². The third-order valence-electron chi connectivity index (χ3n) is 5.33. The van der Waals surface area contributed by atoms with Crippen molar-refractivity contribution in [2.45, 2.75) is 64.1 Å². The highest BCUT2D eigenvalue weighted by Gasteiger charge is 2.41. The minimum absolute atomic E-state index is 0.363. The summed E-state index contributed by atoms with van der Waals surface area (Å²) in [5.74, 6) is 0. The molecule has 2 fully saturated rings. The maximum atomic E-state index is 4.56. The van der Waals surface area contributed by atoms with E-state index in [2.05, 4.69) is 52.1 Å². The van der Waals surface area contributed by atoms with Gasteiger partial charge in [0, 0.05) is 38.3 Å². The van der Waals surface area contributed by atoms with E-state index in [4.69, 9.17) is 0 Å². The Morgan fingerprint density at radius 2 is 2.05 bits per heavy atom. The maximum absolute atomic E-state index is 4.56. The minimum atomic E-state index is 0.363. The van der Waals surface area contributed by atoms with E-state index in [0.29, 0.717) is 11.6 Å². The molecule has 1 spiro atoms. The Kier molecular flexibility index (Phi) is 4.44. The highest BCUT2D eigenvalue weighted by molar-refractivity contribution is 9.10. The molecule has 0 bridgehead atoms. The zero-order valence-electron chi connectivity index (χ0n) is 13.5. The van der Waals surface area contributed by atoms with Crippen LogP contribution in [0.4, 0.5) is 0 Å². The largest absolute Gasteiger partial charge is 0.311 e. The molecule has 1 unspecified atom stereocenters. The molecule has 0 radical (unpaired) electrons. The van der Waals surface area contributed by atoms with Gasteiger partial charge in [-0.1, -0.05) is 19.3 Å². The molecule has 3 rings (SSSR count). The molecule has 2 heterocycles. The van der Waals surface area contributed by atoms with Crippen LogP contribution in [0.2, 0.25) is 0 Å². The first-order chi connectivity index (χ1) is 10.0. The Hall–Kier alpha value is -0.390. The van der Waals surface area contributed by atoms with Crippen molar-refractivity contribution >= 4 is 15.9 Å². The van der Waals surface area contributed by atoms with Gasteiger partial charge >= 0.3 is 0 Å². The van der Waals surface area contributed by atoms with Crippen LogP contribution in [0, 0.1) is 6.92 Å². The Bertz CT molecular complexity index is 505. The van der Waals surface area contributed by atoms with Gasteiger partial charge in [0.15, 0.2) is 0 Å². The number of hydrogen-bond acceptors (Lipinski definition) is 3. The summed E-state index contributed by atoms with van der Waals surface area (Å²) in [7, 11) is 2.06. The van der Waals surface area contributed by atoms with Crippen LogP contribution in [-0.4, -0.2) is 39.4 Å². The van der Waals surface area contributed by atoms with Gasteiger partial charge in [-0.2, -0.15) is 5.10 Å². The summed E-state index contributed by atoms with van der Waals surface area (Å²) < 4.78 is 3.23. The molecule has 0 amide bonds. The highest BCUT2D eigenvalue weighted by Crippen LogP contribution is 2.37. The SMILES string of the molecule is Cc1nn(C)c(CN2CC(C)NCC23CCCCC3)c1Br. The van der Waals surface area contributed by atoms with Crippen molar-refractivity contribution < 1.29 is 0 Å². The number of rotatable bonds is 2. The van der Waals surface area contributed by atoms with Gasteiger partial charge in [0.1, 0.15) is 0 Å². The number of nitrogens with zero attached hydrogens (tertiary/aromatic N) is 3. The van der Waals surface area contributed by atoms with E-state index in [1.165, 1.54) is 42.3 Å². The lowest BCUT2D eigenvalue weighted by molar-refractivity contribution is 0.00440. The summed E-state index contributed by atoms with van der Waals surface area (Å²) in [5.41, 5.74) is 2.77. The second-order valence-corrected chi connectivity index (χ2v) is 7.71. The normalized spacial score (nSPS) is 26.4. The van der Waals surface area contributed by atoms with Crippen LogP contribution in [0.3, 0.4) is 0 Å². The minimum Gasteiger partial charge on any atom is -0.311 e. The van der Waals surface area contributed by atoms with Crippen molar-refractivity contribution in [2.24, 2.45) is 7.05 Å². The van der Waals surface area contributed by atoms with Gasteiger partial charge in [-0.05, 0) is 42.6 Å². The quantitative estimate of drug-likeness (QED) is 0.886. The first-order valence-corrected chi connectivity index (χ1v) is 8.97. The number of aryl methyl sites for hydroxylation is 2. The van der Waals surface area contributed by atoms with Gasteiger partial charge in [-0.25, -0.2) is 0 Å². The number of hydrogen-bond donors (Lipinski definition) is 1. The first-order valence-electron chi connectivity index (χ1n) is 8.18. The van der Waals surface area contributed by atoms with Crippen molar-refractivity contribution in [1.82, 2.24) is 20.0 Å². The molecule has 5 heteroatoms. The van der Waals surface area contributed by atoms with Gasteiger partial charge in [0.2, 0.25) is 0 Å². The van der Waals surface area contributed by atoms with Gasteiger partial charge < -0.3 is 5.32 Å². The Morgan fingerprint density at radius 3 is 2.67 bits per heavy atom. The molecule has 0 aromatic carbocycles. The fraction of sp³-hybridized carbons (Fsp3) is 0.812. The number of aromatic nitrogens is 2. The van der Waals surface area contributed by atoms with Crippen molar-refractivity contribution in [1.29, 1.82) is 0 Å². The van der Waals surface area contributed by atoms with E-state index >= 15 is 0 Å². The smallest absolute Gasteiger partial charge is 0.0739 e. The Balaban J connectivity index is 1.85. The molecule has 1 aliphatic heterocycles. The van der Waals surface area contributed by atoms with Crippen LogP contribution < -0.4 is 5.32 Å². The summed E-state index contributed by atoms with van der Waals surface area (Å²) in [5, 5.41) is 8.27. The van der Waals surface area contributed by atoms with Gasteiger partial charge in [-0.3, -0.25) is 9.58 Å². The average Bonchev–Trinajstić information content (AvgIpc) is 2.71. The molecule has 2 aliphatic rings. The lowest BCUT2D eigenvalue weighted by Gasteiger charge is -2.51. The van der Waals surface area contributed by atoms with Crippen molar-refractivity contribution in [2.75, 3.05) is 13.1 Å². The van der Waals surface area contributed by atoms with Crippen LogP contribution in [0.15, 0.2) is 4.47 Å². The molecule has 21 heavy (non-hydrogen) atoms. The maximum Gasteiger partial charge on any atom is 0.0739 e. The van der Waals surface area contributed by atoms with Crippen LogP contribution in [-0.2, 0) is 13.6 Å². The molecular formula is C16H27BrN4. The van der Waals surface area contributed by atoms with Gasteiger partial charge in [0.25, 0.3) is 0 Å². The zero-order chi connectivity index (χ0) is 15.0. The molecule has 4 nitrogen and oxygen atoms in total. The lowest BCUT2D eigenvalue weighted by atomic mass is 9.78. The topological polar surface area (TPSA) is 33.1 Å². The Morgan fingerprint density at radius 1 is 1.33 bits per heavy atom. The van der Waals surface area contributed by atoms with E-state index in [1.54, 1.807) is 0 Å². The van der Waals surface area contributed by atoms with Crippen LogP contribution in [0.25, 0.3) is 0 Å². The number of nitrogens with one attached hydrogen (secondary N) is 1. The highest BCUT2D eigenvalue weighted by atomic mass is 79.9. The fourth-order valence-corrected chi connectivity index (χ4v) is 4.49. The number of halogens is 1. The molecule has 118 valence electrons. The monoisotopic (exact) mass is 354 g/mol.